The van der Waals surface area contributed by atoms with Crippen LogP contribution in [0, 0.1) is 12.8 Å². The van der Waals surface area contributed by atoms with E-state index in [1.807, 2.05) is 4.90 Å². The highest BCUT2D eigenvalue weighted by molar-refractivity contribution is 7.91. The van der Waals surface area contributed by atoms with Gasteiger partial charge in [-0.05, 0) is 50.5 Å². The summed E-state index contributed by atoms with van der Waals surface area (Å²) in [5.41, 5.74) is 2.67. The average Bonchev–Trinajstić information content (AvgIpc) is 2.93. The number of nitrogens with one attached hydrogen (secondary N) is 1. The monoisotopic (exact) mass is 364 g/mol. The van der Waals surface area contributed by atoms with Gasteiger partial charge >= 0.3 is 6.03 Å². The fourth-order valence-corrected chi connectivity index (χ4v) is 5.40. The molecule has 0 saturated carbocycles. The Morgan fingerprint density at radius 2 is 1.84 bits per heavy atom. The summed E-state index contributed by atoms with van der Waals surface area (Å²) < 4.78 is 23.0. The summed E-state index contributed by atoms with van der Waals surface area (Å²) in [4.78, 5) is 14.1. The number of likely N-dealkylation sites (tertiary alicyclic amines) is 1. The van der Waals surface area contributed by atoms with Crippen LogP contribution >= 0.6 is 0 Å². The Hall–Kier alpha value is -1.56. The van der Waals surface area contributed by atoms with E-state index < -0.39 is 9.84 Å². The van der Waals surface area contributed by atoms with Crippen LogP contribution in [-0.2, 0) is 16.3 Å². The molecule has 0 aromatic heterocycles. The SMILES string of the molecule is Cc1ccc(CCC2CCN(C(=O)N[C@H]3CCS(=O)(=O)C3)CC2)cc1. The molecule has 0 spiro atoms. The highest BCUT2D eigenvalue weighted by Crippen LogP contribution is 2.23. The van der Waals surface area contributed by atoms with Crippen molar-refractivity contribution in [1.82, 2.24) is 10.2 Å². The smallest absolute Gasteiger partial charge is 0.317 e. The second kappa shape index (κ2) is 7.77. The van der Waals surface area contributed by atoms with Gasteiger partial charge in [-0.15, -0.1) is 0 Å². The molecule has 2 amide bonds. The second-order valence-electron chi connectivity index (χ2n) is 7.50. The lowest BCUT2D eigenvalue weighted by Gasteiger charge is -2.32. The summed E-state index contributed by atoms with van der Waals surface area (Å²) in [6.07, 6.45) is 4.86. The molecule has 0 unspecified atom stereocenters. The van der Waals surface area contributed by atoms with Crippen LogP contribution in [0.5, 0.6) is 0 Å². The molecule has 5 nitrogen and oxygen atoms in total. The lowest BCUT2D eigenvalue weighted by atomic mass is 9.90. The summed E-state index contributed by atoms with van der Waals surface area (Å²) in [6.45, 7) is 3.64. The highest BCUT2D eigenvalue weighted by Gasteiger charge is 2.31. The molecule has 3 rings (SSSR count). The lowest BCUT2D eigenvalue weighted by Crippen LogP contribution is -2.48. The van der Waals surface area contributed by atoms with Crippen LogP contribution < -0.4 is 5.32 Å². The number of sulfone groups is 1. The van der Waals surface area contributed by atoms with Crippen LogP contribution in [0.4, 0.5) is 4.79 Å². The number of benzene rings is 1. The van der Waals surface area contributed by atoms with Crippen LogP contribution in [0.2, 0.25) is 0 Å². The van der Waals surface area contributed by atoms with Crippen molar-refractivity contribution in [3.63, 3.8) is 0 Å². The quantitative estimate of drug-likeness (QED) is 0.893. The molecule has 2 heterocycles. The minimum atomic E-state index is -2.95. The summed E-state index contributed by atoms with van der Waals surface area (Å²) in [5.74, 6) is 0.947. The van der Waals surface area contributed by atoms with E-state index in [0.29, 0.717) is 12.3 Å². The number of piperidine rings is 1. The lowest BCUT2D eigenvalue weighted by molar-refractivity contribution is 0.165. The van der Waals surface area contributed by atoms with Crippen LogP contribution in [0.1, 0.15) is 36.8 Å². The standard InChI is InChI=1S/C19H28N2O3S/c1-15-2-4-16(5-3-15)6-7-17-8-11-21(12-9-17)19(22)20-18-10-13-25(23,24)14-18/h2-5,17-18H,6-14H2,1H3,(H,20,22)/t18-/m0/s1. The van der Waals surface area contributed by atoms with Gasteiger partial charge in [0.2, 0.25) is 0 Å². The first kappa shape index (κ1) is 18.2. The van der Waals surface area contributed by atoms with Crippen molar-refractivity contribution in [3.05, 3.63) is 35.4 Å². The van der Waals surface area contributed by atoms with E-state index in [4.69, 9.17) is 0 Å². The molecule has 1 atom stereocenters. The Bertz CT molecular complexity index is 692. The minimum Gasteiger partial charge on any atom is -0.334 e. The van der Waals surface area contributed by atoms with Gasteiger partial charge in [-0.3, -0.25) is 0 Å². The molecule has 1 aromatic rings. The fraction of sp³-hybridized carbons (Fsp3) is 0.632. The third kappa shape index (κ3) is 5.21. The molecule has 2 aliphatic rings. The van der Waals surface area contributed by atoms with E-state index in [0.717, 1.165) is 32.4 Å². The highest BCUT2D eigenvalue weighted by atomic mass is 32.2. The van der Waals surface area contributed by atoms with E-state index in [-0.39, 0.29) is 23.6 Å². The summed E-state index contributed by atoms with van der Waals surface area (Å²) in [7, 11) is -2.95. The van der Waals surface area contributed by atoms with Crippen LogP contribution in [0.3, 0.4) is 0 Å². The van der Waals surface area contributed by atoms with Gasteiger partial charge in [0.05, 0.1) is 11.5 Å². The summed E-state index contributed by atoms with van der Waals surface area (Å²) in [5, 5.41) is 2.89. The Labute approximate surface area is 150 Å². The molecule has 138 valence electrons. The van der Waals surface area contributed by atoms with Gasteiger partial charge in [0.1, 0.15) is 0 Å². The fourth-order valence-electron chi connectivity index (χ4n) is 3.73. The third-order valence-electron chi connectivity index (χ3n) is 5.42. The zero-order valence-electron chi connectivity index (χ0n) is 14.9. The van der Waals surface area contributed by atoms with Crippen molar-refractivity contribution in [2.75, 3.05) is 24.6 Å². The number of carbonyl (C=O) groups is 1. The van der Waals surface area contributed by atoms with Crippen LogP contribution in [0.15, 0.2) is 24.3 Å². The normalized spacial score (nSPS) is 23.6. The Morgan fingerprint density at radius 1 is 1.16 bits per heavy atom. The first-order chi connectivity index (χ1) is 11.9. The Kier molecular flexibility index (Phi) is 5.67. The van der Waals surface area contributed by atoms with Gasteiger partial charge in [-0.2, -0.15) is 0 Å². The molecule has 0 aliphatic carbocycles. The second-order valence-corrected chi connectivity index (χ2v) is 9.73. The molecule has 2 aliphatic heterocycles. The van der Waals surface area contributed by atoms with Crippen molar-refractivity contribution in [2.24, 2.45) is 5.92 Å². The number of rotatable bonds is 4. The van der Waals surface area contributed by atoms with Gasteiger partial charge in [-0.1, -0.05) is 29.8 Å². The number of carbonyl (C=O) groups excluding carboxylic acids is 1. The minimum absolute atomic E-state index is 0.0890. The zero-order chi connectivity index (χ0) is 17.9. The van der Waals surface area contributed by atoms with Crippen molar-refractivity contribution in [1.29, 1.82) is 0 Å². The van der Waals surface area contributed by atoms with E-state index in [9.17, 15) is 13.2 Å². The maximum Gasteiger partial charge on any atom is 0.317 e. The first-order valence-corrected chi connectivity index (χ1v) is 11.0. The zero-order valence-corrected chi connectivity index (χ0v) is 15.7. The molecule has 1 N–H and O–H groups in total. The molecular formula is C19H28N2O3S. The number of aryl methyl sites for hydroxylation is 2. The number of hydrogen-bond donors (Lipinski definition) is 1. The molecule has 0 bridgehead atoms. The molecule has 1 aromatic carbocycles. The third-order valence-corrected chi connectivity index (χ3v) is 7.19. The maximum absolute atomic E-state index is 12.3. The molecule has 2 saturated heterocycles. The number of amides is 2. The largest absolute Gasteiger partial charge is 0.334 e. The topological polar surface area (TPSA) is 66.5 Å². The molecule has 0 radical (unpaired) electrons. The predicted molar refractivity (Wildman–Crippen MR) is 99.4 cm³/mol. The van der Waals surface area contributed by atoms with Crippen molar-refractivity contribution < 1.29 is 13.2 Å². The molecule has 6 heteroatoms. The average molecular weight is 365 g/mol. The Balaban J connectivity index is 1.39. The summed E-state index contributed by atoms with van der Waals surface area (Å²) >= 11 is 0. The van der Waals surface area contributed by atoms with Crippen LogP contribution in [-0.4, -0.2) is 50.0 Å². The molecule has 2 fully saturated rings. The van der Waals surface area contributed by atoms with E-state index >= 15 is 0 Å². The van der Waals surface area contributed by atoms with E-state index in [1.165, 1.54) is 17.5 Å². The number of urea groups is 1. The first-order valence-electron chi connectivity index (χ1n) is 9.23. The molecule has 25 heavy (non-hydrogen) atoms. The van der Waals surface area contributed by atoms with Crippen molar-refractivity contribution in [2.45, 2.75) is 45.1 Å². The number of nitrogens with zero attached hydrogens (tertiary/aromatic N) is 1. The van der Waals surface area contributed by atoms with Crippen molar-refractivity contribution in [3.8, 4) is 0 Å². The number of hydrogen-bond acceptors (Lipinski definition) is 3. The van der Waals surface area contributed by atoms with Gasteiger partial charge in [0, 0.05) is 19.1 Å². The van der Waals surface area contributed by atoms with E-state index in [2.05, 4.69) is 36.5 Å². The molecular weight excluding hydrogens is 336 g/mol. The maximum atomic E-state index is 12.3. The summed E-state index contributed by atoms with van der Waals surface area (Å²) in [6, 6.07) is 8.41. The Morgan fingerprint density at radius 3 is 2.44 bits per heavy atom. The van der Waals surface area contributed by atoms with Crippen molar-refractivity contribution >= 4 is 15.9 Å². The van der Waals surface area contributed by atoms with Gasteiger partial charge in [0.15, 0.2) is 9.84 Å². The van der Waals surface area contributed by atoms with Gasteiger partial charge in [0.25, 0.3) is 0 Å². The van der Waals surface area contributed by atoms with E-state index in [1.54, 1.807) is 0 Å². The van der Waals surface area contributed by atoms with Gasteiger partial charge < -0.3 is 10.2 Å². The predicted octanol–water partition coefficient (Wildman–Crippen LogP) is 2.54. The van der Waals surface area contributed by atoms with Crippen LogP contribution in [0.25, 0.3) is 0 Å². The van der Waals surface area contributed by atoms with Gasteiger partial charge in [-0.25, -0.2) is 13.2 Å².